The molecule has 1 aliphatic carbocycles. The lowest BCUT2D eigenvalue weighted by molar-refractivity contribution is 1.26. The Morgan fingerprint density at radius 3 is 1.70 bits per heavy atom. The fourth-order valence-corrected chi connectivity index (χ4v) is 0.836. The first kappa shape index (κ1) is 9.43. The van der Waals surface area contributed by atoms with Gasteiger partial charge in [0.1, 0.15) is 0 Å². The van der Waals surface area contributed by atoms with E-state index in [4.69, 9.17) is 0 Å². The number of fused-ring (bicyclic) bond motifs is 1. The Hall–Kier alpha value is -0.570. The standard InChI is InChI=1S/C7H6.ClH.H4N2/c1-2-4-7-5-6(7)3-1;;1-2/h1-4H,5H2;1H;1-2H2. The number of nitrogens with two attached hydrogens (primary N) is 2. The van der Waals surface area contributed by atoms with Crippen molar-refractivity contribution in [2.45, 2.75) is 6.42 Å². The van der Waals surface area contributed by atoms with Crippen molar-refractivity contribution in [1.82, 2.24) is 0 Å². The van der Waals surface area contributed by atoms with Gasteiger partial charge in [-0.2, -0.15) is 0 Å². The number of hydrazine groups is 1. The van der Waals surface area contributed by atoms with E-state index in [0.717, 1.165) is 0 Å². The molecule has 2 nitrogen and oxygen atoms in total. The van der Waals surface area contributed by atoms with Crippen molar-refractivity contribution in [1.29, 1.82) is 0 Å². The van der Waals surface area contributed by atoms with Crippen LogP contribution in [0.3, 0.4) is 0 Å². The van der Waals surface area contributed by atoms with Gasteiger partial charge in [0.05, 0.1) is 0 Å². The van der Waals surface area contributed by atoms with Gasteiger partial charge < -0.3 is 0 Å². The van der Waals surface area contributed by atoms with E-state index in [1.165, 1.54) is 17.5 Å². The smallest absolute Gasteiger partial charge is 0.00201 e. The monoisotopic (exact) mass is 158 g/mol. The molecule has 0 radical (unpaired) electrons. The second-order valence-corrected chi connectivity index (χ2v) is 1.95. The van der Waals surface area contributed by atoms with Crippen LogP contribution in [0.5, 0.6) is 0 Å². The minimum atomic E-state index is 0. The molecule has 0 aromatic heterocycles. The van der Waals surface area contributed by atoms with Crippen molar-refractivity contribution >= 4 is 12.4 Å². The molecule has 1 aromatic carbocycles. The SMILES string of the molecule is Cl.NN.c1ccc2c(c1)C2. The van der Waals surface area contributed by atoms with Gasteiger partial charge in [-0.3, -0.25) is 11.7 Å². The van der Waals surface area contributed by atoms with E-state index >= 15 is 0 Å². The molecule has 1 aliphatic rings. The molecule has 0 unspecified atom stereocenters. The van der Waals surface area contributed by atoms with Gasteiger partial charge in [0, 0.05) is 0 Å². The second-order valence-electron chi connectivity index (χ2n) is 1.95. The molecule has 4 N–H and O–H groups in total. The molecule has 0 aliphatic heterocycles. The number of rotatable bonds is 0. The maximum Gasteiger partial charge on any atom is -0.00201 e. The Morgan fingerprint density at radius 2 is 1.40 bits per heavy atom. The normalized spacial score (nSPS) is 9.80. The predicted octanol–water partition coefficient (Wildman–Crippen LogP) is 0.831. The summed E-state index contributed by atoms with van der Waals surface area (Å²) in [5.74, 6) is 8.00. The van der Waals surface area contributed by atoms with Crippen molar-refractivity contribution in [3.05, 3.63) is 35.4 Å². The summed E-state index contributed by atoms with van der Waals surface area (Å²) in [7, 11) is 0. The summed E-state index contributed by atoms with van der Waals surface area (Å²) in [5.41, 5.74) is 3.06. The Kier molecular flexibility index (Phi) is 4.03. The van der Waals surface area contributed by atoms with Gasteiger partial charge in [0.15, 0.2) is 0 Å². The molecule has 2 rings (SSSR count). The van der Waals surface area contributed by atoms with Crippen molar-refractivity contribution < 1.29 is 0 Å². The number of hydrogen-bond acceptors (Lipinski definition) is 2. The zero-order valence-corrected chi connectivity index (χ0v) is 6.40. The molecule has 0 fully saturated rings. The zero-order chi connectivity index (χ0) is 6.69. The van der Waals surface area contributed by atoms with Crippen LogP contribution in [0.25, 0.3) is 0 Å². The number of hydrogen-bond donors (Lipinski definition) is 2. The van der Waals surface area contributed by atoms with Crippen molar-refractivity contribution in [3.8, 4) is 0 Å². The van der Waals surface area contributed by atoms with Gasteiger partial charge >= 0.3 is 0 Å². The average Bonchev–Trinajstić information content (AvgIpc) is 2.69. The minimum Gasteiger partial charge on any atom is -0.274 e. The number of halogens is 1. The molecular formula is C7H11ClN2. The molecule has 56 valence electrons. The quantitative estimate of drug-likeness (QED) is 0.441. The Bertz CT molecular complexity index is 180. The summed E-state index contributed by atoms with van der Waals surface area (Å²) in [6.07, 6.45) is 1.24. The molecule has 10 heavy (non-hydrogen) atoms. The third kappa shape index (κ3) is 1.99. The molecule has 0 bridgehead atoms. The highest BCUT2D eigenvalue weighted by Gasteiger charge is 2.12. The lowest BCUT2D eigenvalue weighted by Crippen LogP contribution is -2.02. The summed E-state index contributed by atoms with van der Waals surface area (Å²) in [4.78, 5) is 0. The second kappa shape index (κ2) is 4.28. The lowest BCUT2D eigenvalue weighted by Gasteiger charge is -1.69. The Morgan fingerprint density at radius 1 is 1.00 bits per heavy atom. The highest BCUT2D eigenvalue weighted by Crippen LogP contribution is 2.25. The predicted molar refractivity (Wildman–Crippen MR) is 44.9 cm³/mol. The van der Waals surface area contributed by atoms with Crippen LogP contribution in [0.1, 0.15) is 11.1 Å². The van der Waals surface area contributed by atoms with Gasteiger partial charge in [0.2, 0.25) is 0 Å². The molecule has 0 heterocycles. The van der Waals surface area contributed by atoms with Crippen LogP contribution in [0.4, 0.5) is 0 Å². The fourth-order valence-electron chi connectivity index (χ4n) is 0.836. The summed E-state index contributed by atoms with van der Waals surface area (Å²) in [6.45, 7) is 0. The van der Waals surface area contributed by atoms with E-state index in [0.29, 0.717) is 0 Å². The summed E-state index contributed by atoms with van der Waals surface area (Å²) >= 11 is 0. The van der Waals surface area contributed by atoms with Crippen molar-refractivity contribution in [2.24, 2.45) is 11.7 Å². The molecule has 1 aromatic rings. The highest BCUT2D eigenvalue weighted by atomic mass is 35.5. The largest absolute Gasteiger partial charge is 0.274 e. The first-order valence-corrected chi connectivity index (χ1v) is 2.87. The van der Waals surface area contributed by atoms with E-state index < -0.39 is 0 Å². The first-order valence-electron chi connectivity index (χ1n) is 2.87. The molecule has 0 spiro atoms. The molecular weight excluding hydrogens is 148 g/mol. The van der Waals surface area contributed by atoms with Crippen molar-refractivity contribution in [2.75, 3.05) is 0 Å². The molecule has 0 atom stereocenters. The van der Waals surface area contributed by atoms with Gasteiger partial charge in [-0.05, 0) is 17.5 Å². The Balaban J connectivity index is 0.000000251. The van der Waals surface area contributed by atoms with E-state index in [9.17, 15) is 0 Å². The molecule has 3 heteroatoms. The summed E-state index contributed by atoms with van der Waals surface area (Å²) in [6, 6.07) is 8.53. The van der Waals surface area contributed by atoms with Crippen LogP contribution in [0.2, 0.25) is 0 Å². The van der Waals surface area contributed by atoms with E-state index in [2.05, 4.69) is 36.0 Å². The van der Waals surface area contributed by atoms with Crippen LogP contribution in [-0.4, -0.2) is 0 Å². The summed E-state index contributed by atoms with van der Waals surface area (Å²) in [5, 5.41) is 0. The fraction of sp³-hybridized carbons (Fsp3) is 0.143. The van der Waals surface area contributed by atoms with Crippen LogP contribution < -0.4 is 11.7 Å². The van der Waals surface area contributed by atoms with Gasteiger partial charge in [0.25, 0.3) is 0 Å². The highest BCUT2D eigenvalue weighted by molar-refractivity contribution is 5.85. The molecule has 0 saturated heterocycles. The van der Waals surface area contributed by atoms with Gasteiger partial charge in [-0.1, -0.05) is 24.3 Å². The summed E-state index contributed by atoms with van der Waals surface area (Å²) < 4.78 is 0. The minimum absolute atomic E-state index is 0. The topological polar surface area (TPSA) is 52.0 Å². The van der Waals surface area contributed by atoms with E-state index in [-0.39, 0.29) is 12.4 Å². The lowest BCUT2D eigenvalue weighted by atomic mass is 10.4. The average molecular weight is 159 g/mol. The maximum atomic E-state index is 4.00. The third-order valence-electron chi connectivity index (χ3n) is 1.37. The number of benzene rings is 1. The van der Waals surface area contributed by atoms with Gasteiger partial charge in [-0.25, -0.2) is 0 Å². The van der Waals surface area contributed by atoms with Crippen LogP contribution in [0, 0.1) is 0 Å². The molecule has 0 saturated carbocycles. The van der Waals surface area contributed by atoms with Crippen LogP contribution in [-0.2, 0) is 6.42 Å². The third-order valence-corrected chi connectivity index (χ3v) is 1.37. The zero-order valence-electron chi connectivity index (χ0n) is 5.58. The van der Waals surface area contributed by atoms with Crippen LogP contribution in [0.15, 0.2) is 24.3 Å². The van der Waals surface area contributed by atoms with Gasteiger partial charge in [-0.15, -0.1) is 12.4 Å². The van der Waals surface area contributed by atoms with Crippen molar-refractivity contribution in [3.63, 3.8) is 0 Å². The maximum absolute atomic E-state index is 4.00. The first-order chi connectivity index (χ1) is 4.47. The van der Waals surface area contributed by atoms with E-state index in [1.807, 2.05) is 0 Å². The van der Waals surface area contributed by atoms with E-state index in [1.54, 1.807) is 0 Å². The molecule has 0 amide bonds. The Labute approximate surface area is 66.6 Å². The van der Waals surface area contributed by atoms with Crippen LogP contribution >= 0.6 is 12.4 Å².